The van der Waals surface area contributed by atoms with Crippen molar-refractivity contribution in [3.8, 4) is 0 Å². The fraction of sp³-hybridized carbons (Fsp3) is 0.800. The Morgan fingerprint density at radius 3 is 2.53 bits per heavy atom. The number of hydrogen-bond donors (Lipinski definition) is 4. The molecule has 0 aliphatic heterocycles. The molecule has 7 heteroatoms. The number of aliphatic hydroxyl groups excluding tert-OH is 1. The first-order valence-corrected chi connectivity index (χ1v) is 6.77. The number of nitrogens with one attached hydrogen (secondary N) is 2. The lowest BCUT2D eigenvalue weighted by atomic mass is 10.2. The van der Waals surface area contributed by atoms with Gasteiger partial charge in [0, 0.05) is 19.6 Å². The van der Waals surface area contributed by atoms with Gasteiger partial charge in [-0.2, -0.15) is 11.8 Å². The van der Waals surface area contributed by atoms with E-state index in [9.17, 15) is 9.59 Å². The highest BCUT2D eigenvalue weighted by atomic mass is 32.2. The summed E-state index contributed by atoms with van der Waals surface area (Å²) in [6.45, 7) is 2.22. The van der Waals surface area contributed by atoms with Gasteiger partial charge in [0.15, 0.2) is 0 Å². The lowest BCUT2D eigenvalue weighted by Crippen LogP contribution is -2.47. The van der Waals surface area contributed by atoms with E-state index in [1.54, 1.807) is 11.8 Å². The molecular weight excluding hydrogens is 244 g/mol. The molecule has 100 valence electrons. The van der Waals surface area contributed by atoms with Gasteiger partial charge in [0.05, 0.1) is 0 Å². The number of carbonyl (C=O) groups is 2. The van der Waals surface area contributed by atoms with Gasteiger partial charge in [0.1, 0.15) is 6.04 Å². The van der Waals surface area contributed by atoms with Crippen LogP contribution in [0.15, 0.2) is 0 Å². The van der Waals surface area contributed by atoms with Crippen LogP contribution < -0.4 is 10.6 Å². The fourth-order valence-electron chi connectivity index (χ4n) is 1.21. The molecule has 2 atom stereocenters. The molecule has 1 unspecified atom stereocenters. The van der Waals surface area contributed by atoms with Crippen LogP contribution in [0.25, 0.3) is 0 Å². The molecule has 4 N–H and O–H groups in total. The topological polar surface area (TPSA) is 98.7 Å². The molecule has 0 aliphatic carbocycles. The molecule has 0 rings (SSSR count). The molecule has 17 heavy (non-hydrogen) atoms. The molecule has 0 fully saturated rings. The monoisotopic (exact) mass is 264 g/mol. The smallest absolute Gasteiger partial charge is 0.326 e. The highest BCUT2D eigenvalue weighted by Gasteiger charge is 2.19. The van der Waals surface area contributed by atoms with Crippen LogP contribution in [-0.4, -0.2) is 53.4 Å². The van der Waals surface area contributed by atoms with Crippen LogP contribution in [-0.2, 0) is 4.79 Å². The lowest BCUT2D eigenvalue weighted by molar-refractivity contribution is -0.139. The quantitative estimate of drug-likeness (QED) is 0.499. The first kappa shape index (κ1) is 16.1. The molecule has 0 radical (unpaired) electrons. The first-order valence-electron chi connectivity index (χ1n) is 5.38. The Bertz CT molecular complexity index is 250. The summed E-state index contributed by atoms with van der Waals surface area (Å²) in [6.07, 6.45) is 1.99. The number of amides is 2. The minimum absolute atomic E-state index is 0.00309. The predicted octanol–water partition coefficient (Wildman–Crippen LogP) is 0.120. The van der Waals surface area contributed by atoms with Gasteiger partial charge in [0.25, 0.3) is 0 Å². The molecule has 2 amide bonds. The average molecular weight is 264 g/mol. The van der Waals surface area contributed by atoms with Gasteiger partial charge in [-0.1, -0.05) is 6.92 Å². The third-order valence-electron chi connectivity index (χ3n) is 2.08. The second kappa shape index (κ2) is 9.12. The van der Waals surface area contributed by atoms with Gasteiger partial charge in [-0.15, -0.1) is 0 Å². The van der Waals surface area contributed by atoms with Crippen LogP contribution in [0.3, 0.4) is 0 Å². The molecule has 0 spiro atoms. The normalized spacial score (nSPS) is 13.8. The van der Waals surface area contributed by atoms with E-state index in [1.807, 2.05) is 13.2 Å². The second-order valence-corrected chi connectivity index (χ2v) is 4.73. The number of aliphatic carboxylic acids is 1. The summed E-state index contributed by atoms with van der Waals surface area (Å²) >= 11 is 1.69. The number of thioether (sulfide) groups is 1. The van der Waals surface area contributed by atoms with Gasteiger partial charge < -0.3 is 20.8 Å². The summed E-state index contributed by atoms with van der Waals surface area (Å²) in [7, 11) is 0. The fourth-order valence-corrected chi connectivity index (χ4v) is 1.89. The maximum Gasteiger partial charge on any atom is 0.326 e. The number of carboxylic acid groups (broad SMARTS) is 1. The maximum absolute atomic E-state index is 11.4. The molecule has 0 heterocycles. The largest absolute Gasteiger partial charge is 0.480 e. The van der Waals surface area contributed by atoms with Crippen LogP contribution in [0.5, 0.6) is 0 Å². The van der Waals surface area contributed by atoms with E-state index in [2.05, 4.69) is 10.6 Å². The van der Waals surface area contributed by atoms with Crippen molar-refractivity contribution in [2.24, 2.45) is 5.92 Å². The van der Waals surface area contributed by atoms with Gasteiger partial charge >= 0.3 is 12.0 Å². The molecule has 0 saturated heterocycles. The van der Waals surface area contributed by atoms with Crippen LogP contribution in [0.4, 0.5) is 4.79 Å². The summed E-state index contributed by atoms with van der Waals surface area (Å²) < 4.78 is 0. The van der Waals surface area contributed by atoms with Crippen molar-refractivity contribution < 1.29 is 19.8 Å². The third kappa shape index (κ3) is 7.87. The van der Waals surface area contributed by atoms with Gasteiger partial charge in [0.2, 0.25) is 0 Å². The first-order chi connectivity index (χ1) is 8.01. The zero-order valence-electron chi connectivity index (χ0n) is 10.1. The van der Waals surface area contributed by atoms with Gasteiger partial charge in [-0.3, -0.25) is 0 Å². The standard InChI is InChI=1S/C10H20N2O4S/c1-7(6-17-2)5-11-10(16)12-8(3-4-13)9(14)15/h7-8,13H,3-6H2,1-2H3,(H,14,15)(H2,11,12,16)/t7?,8-/m0/s1. The van der Waals surface area contributed by atoms with E-state index in [1.165, 1.54) is 0 Å². The van der Waals surface area contributed by atoms with Crippen LogP contribution in [0, 0.1) is 5.92 Å². The van der Waals surface area contributed by atoms with Crippen LogP contribution in [0.2, 0.25) is 0 Å². The maximum atomic E-state index is 11.4. The second-order valence-electron chi connectivity index (χ2n) is 3.82. The number of carboxylic acids is 1. The summed E-state index contributed by atoms with van der Waals surface area (Å²) in [5, 5.41) is 22.3. The minimum atomic E-state index is -1.15. The SMILES string of the molecule is CSCC(C)CNC(=O)N[C@@H](CCO)C(=O)O. The van der Waals surface area contributed by atoms with Gasteiger partial charge in [-0.05, 0) is 17.9 Å². The number of aliphatic hydroxyl groups is 1. The Hall–Kier alpha value is -0.950. The predicted molar refractivity (Wildman–Crippen MR) is 67.2 cm³/mol. The van der Waals surface area contributed by atoms with E-state index in [4.69, 9.17) is 10.2 Å². The zero-order valence-corrected chi connectivity index (χ0v) is 10.9. The van der Waals surface area contributed by atoms with Crippen molar-refractivity contribution in [1.82, 2.24) is 10.6 Å². The van der Waals surface area contributed by atoms with Crippen LogP contribution >= 0.6 is 11.8 Å². The van der Waals surface area contributed by atoms with E-state index < -0.39 is 18.0 Å². The van der Waals surface area contributed by atoms with E-state index >= 15 is 0 Å². The number of hydrogen-bond acceptors (Lipinski definition) is 4. The van der Waals surface area contributed by atoms with Crippen LogP contribution in [0.1, 0.15) is 13.3 Å². The Kier molecular flexibility index (Phi) is 8.61. The highest BCUT2D eigenvalue weighted by molar-refractivity contribution is 7.98. The van der Waals surface area contributed by atoms with Crippen molar-refractivity contribution in [1.29, 1.82) is 0 Å². The van der Waals surface area contributed by atoms with Crippen molar-refractivity contribution >= 4 is 23.8 Å². The highest BCUT2D eigenvalue weighted by Crippen LogP contribution is 2.02. The van der Waals surface area contributed by atoms with E-state index in [-0.39, 0.29) is 13.0 Å². The van der Waals surface area contributed by atoms with E-state index in [0.29, 0.717) is 12.5 Å². The van der Waals surface area contributed by atoms with Crippen molar-refractivity contribution in [2.75, 3.05) is 25.2 Å². The zero-order chi connectivity index (χ0) is 13.3. The Morgan fingerprint density at radius 1 is 1.41 bits per heavy atom. The van der Waals surface area contributed by atoms with Crippen molar-refractivity contribution in [3.63, 3.8) is 0 Å². The average Bonchev–Trinajstić information content (AvgIpc) is 2.26. The molecule has 0 bridgehead atoms. The number of carbonyl (C=O) groups excluding carboxylic acids is 1. The molecule has 0 saturated carbocycles. The molecular formula is C10H20N2O4S. The Labute approximate surface area is 105 Å². The van der Waals surface area contributed by atoms with E-state index in [0.717, 1.165) is 5.75 Å². The molecule has 0 aliphatic rings. The molecule has 0 aromatic rings. The van der Waals surface area contributed by atoms with Gasteiger partial charge in [-0.25, -0.2) is 9.59 Å². The summed E-state index contributed by atoms with van der Waals surface area (Å²) in [5.74, 6) is 0.113. The van der Waals surface area contributed by atoms with Crippen molar-refractivity contribution in [3.05, 3.63) is 0 Å². The summed E-state index contributed by atoms with van der Waals surface area (Å²) in [4.78, 5) is 22.1. The Balaban J connectivity index is 3.93. The number of rotatable bonds is 8. The molecule has 6 nitrogen and oxygen atoms in total. The van der Waals surface area contributed by atoms with Crippen molar-refractivity contribution in [2.45, 2.75) is 19.4 Å². The third-order valence-corrected chi connectivity index (χ3v) is 2.99. The minimum Gasteiger partial charge on any atom is -0.480 e. The molecule has 0 aromatic heterocycles. The lowest BCUT2D eigenvalue weighted by Gasteiger charge is -2.15. The number of urea groups is 1. The Morgan fingerprint density at radius 2 is 2.06 bits per heavy atom. The summed E-state index contributed by atoms with van der Waals surface area (Å²) in [5.41, 5.74) is 0. The molecule has 0 aromatic carbocycles. The summed E-state index contributed by atoms with van der Waals surface area (Å²) in [6, 6.07) is -1.56.